The molecule has 0 amide bonds. The summed E-state index contributed by atoms with van der Waals surface area (Å²) in [7, 11) is 0. The highest BCUT2D eigenvalue weighted by molar-refractivity contribution is 5.77. The fourth-order valence-corrected chi connectivity index (χ4v) is 3.86. The van der Waals surface area contributed by atoms with Crippen LogP contribution >= 0.6 is 0 Å². The lowest BCUT2D eigenvalue weighted by Gasteiger charge is -2.16. The summed E-state index contributed by atoms with van der Waals surface area (Å²) in [6, 6.07) is 20.5. The van der Waals surface area contributed by atoms with Crippen molar-refractivity contribution in [3.8, 4) is 17.6 Å². The maximum atomic E-state index is 14.3. The Morgan fingerprint density at radius 1 is 1.03 bits per heavy atom. The van der Waals surface area contributed by atoms with E-state index >= 15 is 0 Å². The van der Waals surface area contributed by atoms with E-state index in [1.807, 2.05) is 6.07 Å². The Kier molecular flexibility index (Phi) is 6.50. The number of rotatable bonds is 7. The van der Waals surface area contributed by atoms with Crippen LogP contribution in [0.3, 0.4) is 0 Å². The Labute approximate surface area is 189 Å². The van der Waals surface area contributed by atoms with E-state index < -0.39 is 17.6 Å². The molecule has 2 nitrogen and oxygen atoms in total. The summed E-state index contributed by atoms with van der Waals surface area (Å²) in [4.78, 5) is 0. The Bertz CT molecular complexity index is 1170. The average Bonchev–Trinajstić information content (AvgIpc) is 3.64. The second-order valence-electron chi connectivity index (χ2n) is 8.09. The molecule has 1 fully saturated rings. The molecule has 0 aliphatic heterocycles. The van der Waals surface area contributed by atoms with Gasteiger partial charge in [-0.2, -0.15) is 18.4 Å². The van der Waals surface area contributed by atoms with Crippen LogP contribution in [0, 0.1) is 23.1 Å². The van der Waals surface area contributed by atoms with Gasteiger partial charge in [-0.15, -0.1) is 0 Å². The van der Waals surface area contributed by atoms with Crippen molar-refractivity contribution < 1.29 is 22.3 Å². The Balaban J connectivity index is 1.55. The number of halogens is 4. The predicted molar refractivity (Wildman–Crippen MR) is 118 cm³/mol. The zero-order chi connectivity index (χ0) is 23.4. The monoisotopic (exact) mass is 451 g/mol. The number of nitriles is 1. The Hall–Kier alpha value is -3.59. The molecular weight excluding hydrogens is 430 g/mol. The van der Waals surface area contributed by atoms with Crippen molar-refractivity contribution >= 4 is 5.57 Å². The molecule has 1 unspecified atom stereocenters. The third-order valence-electron chi connectivity index (χ3n) is 5.77. The number of hydrogen-bond donors (Lipinski definition) is 0. The van der Waals surface area contributed by atoms with Crippen molar-refractivity contribution in [1.82, 2.24) is 0 Å². The van der Waals surface area contributed by atoms with Gasteiger partial charge in [-0.25, -0.2) is 4.39 Å². The van der Waals surface area contributed by atoms with Gasteiger partial charge in [0.05, 0.1) is 17.2 Å². The molecule has 3 aromatic rings. The summed E-state index contributed by atoms with van der Waals surface area (Å²) in [6.07, 6.45) is -0.0744. The van der Waals surface area contributed by atoms with Gasteiger partial charge in [0, 0.05) is 0 Å². The molecule has 3 aromatic carbocycles. The second-order valence-corrected chi connectivity index (χ2v) is 8.09. The van der Waals surface area contributed by atoms with Gasteiger partial charge in [-0.1, -0.05) is 42.5 Å². The highest BCUT2D eigenvalue weighted by Gasteiger charge is 2.33. The summed E-state index contributed by atoms with van der Waals surface area (Å²) in [5, 5.41) is 9.72. The molecule has 1 atom stereocenters. The van der Waals surface area contributed by atoms with Crippen LogP contribution in [0.25, 0.3) is 5.57 Å². The van der Waals surface area contributed by atoms with Crippen molar-refractivity contribution in [2.75, 3.05) is 0 Å². The molecule has 1 aliphatic rings. The smallest absolute Gasteiger partial charge is 0.416 e. The SMILES string of the molecule is N#CC(=CCC(c1ccc(C(F)(F)F)cc1)C1CC1)c1ccc(F)c(Oc2ccccc2)c1. The molecule has 0 heterocycles. The fraction of sp³-hybridized carbons (Fsp3) is 0.222. The van der Waals surface area contributed by atoms with Crippen LogP contribution in [0.15, 0.2) is 78.9 Å². The quantitative estimate of drug-likeness (QED) is 0.268. The third-order valence-corrected chi connectivity index (χ3v) is 5.77. The molecule has 0 saturated heterocycles. The zero-order valence-corrected chi connectivity index (χ0v) is 17.6. The summed E-state index contributed by atoms with van der Waals surface area (Å²) in [6.45, 7) is 0. The van der Waals surface area contributed by atoms with E-state index in [0.29, 0.717) is 29.2 Å². The average molecular weight is 451 g/mol. The number of ether oxygens (including phenoxy) is 1. The van der Waals surface area contributed by atoms with E-state index in [9.17, 15) is 22.8 Å². The van der Waals surface area contributed by atoms with E-state index in [-0.39, 0.29) is 11.7 Å². The van der Waals surface area contributed by atoms with Crippen molar-refractivity contribution in [1.29, 1.82) is 5.26 Å². The second kappa shape index (κ2) is 9.50. The van der Waals surface area contributed by atoms with Crippen LogP contribution in [-0.2, 0) is 6.18 Å². The number of alkyl halides is 3. The van der Waals surface area contributed by atoms with Gasteiger partial charge in [0.25, 0.3) is 0 Å². The molecule has 0 bridgehead atoms. The van der Waals surface area contributed by atoms with Crippen LogP contribution in [0.5, 0.6) is 11.5 Å². The van der Waals surface area contributed by atoms with E-state index in [1.165, 1.54) is 30.3 Å². The van der Waals surface area contributed by atoms with Crippen molar-refractivity contribution in [3.05, 3.63) is 101 Å². The van der Waals surface area contributed by atoms with Crippen LogP contribution in [0.2, 0.25) is 0 Å². The highest BCUT2D eigenvalue weighted by Crippen LogP contribution is 2.45. The van der Waals surface area contributed by atoms with Gasteiger partial charge in [-0.3, -0.25) is 0 Å². The first-order valence-electron chi connectivity index (χ1n) is 10.7. The van der Waals surface area contributed by atoms with E-state index in [2.05, 4.69) is 6.07 Å². The van der Waals surface area contributed by atoms with Gasteiger partial charge in [-0.05, 0) is 78.6 Å². The molecule has 33 heavy (non-hydrogen) atoms. The molecule has 168 valence electrons. The van der Waals surface area contributed by atoms with Gasteiger partial charge < -0.3 is 4.74 Å². The Morgan fingerprint density at radius 2 is 1.73 bits per heavy atom. The molecule has 0 radical (unpaired) electrons. The van der Waals surface area contributed by atoms with Gasteiger partial charge in [0.2, 0.25) is 0 Å². The molecule has 0 aromatic heterocycles. The van der Waals surface area contributed by atoms with Crippen molar-refractivity contribution in [2.45, 2.75) is 31.4 Å². The molecule has 4 rings (SSSR count). The van der Waals surface area contributed by atoms with E-state index in [4.69, 9.17) is 4.74 Å². The molecule has 0 N–H and O–H groups in total. The maximum Gasteiger partial charge on any atom is 0.416 e. The van der Waals surface area contributed by atoms with Crippen LogP contribution in [-0.4, -0.2) is 0 Å². The number of para-hydroxylation sites is 1. The van der Waals surface area contributed by atoms with Crippen LogP contribution in [0.4, 0.5) is 17.6 Å². The number of nitrogens with zero attached hydrogens (tertiary/aromatic N) is 1. The largest absolute Gasteiger partial charge is 0.454 e. The minimum absolute atomic E-state index is 0.0151. The first-order valence-corrected chi connectivity index (χ1v) is 10.7. The lowest BCUT2D eigenvalue weighted by molar-refractivity contribution is -0.137. The maximum absolute atomic E-state index is 14.3. The molecule has 6 heteroatoms. The summed E-state index contributed by atoms with van der Waals surface area (Å²) in [5.74, 6) is 0.355. The summed E-state index contributed by atoms with van der Waals surface area (Å²) < 4.78 is 58.6. The van der Waals surface area contributed by atoms with Crippen LogP contribution in [0.1, 0.15) is 41.9 Å². The highest BCUT2D eigenvalue weighted by atomic mass is 19.4. The Morgan fingerprint density at radius 3 is 2.33 bits per heavy atom. The standard InChI is InChI=1S/C27H21F4NO/c28-25-15-11-20(16-26(25)33-23-4-2-1-3-5-23)21(17-32)10-14-24(18-6-7-18)19-8-12-22(13-9-19)27(29,30)31/h1-5,8-13,15-16,18,24H,6-7,14H2. The minimum Gasteiger partial charge on any atom is -0.454 e. The fourth-order valence-electron chi connectivity index (χ4n) is 3.86. The van der Waals surface area contributed by atoms with Gasteiger partial charge in [0.15, 0.2) is 11.6 Å². The first kappa shape index (κ1) is 22.6. The van der Waals surface area contributed by atoms with Gasteiger partial charge in [0.1, 0.15) is 5.75 Å². The van der Waals surface area contributed by atoms with E-state index in [0.717, 1.165) is 30.5 Å². The molecule has 1 aliphatic carbocycles. The van der Waals surface area contributed by atoms with Crippen molar-refractivity contribution in [3.63, 3.8) is 0 Å². The zero-order valence-electron chi connectivity index (χ0n) is 17.6. The normalized spacial score (nSPS) is 15.1. The molecule has 1 saturated carbocycles. The van der Waals surface area contributed by atoms with E-state index in [1.54, 1.807) is 30.3 Å². The first-order chi connectivity index (χ1) is 15.8. The van der Waals surface area contributed by atoms with Crippen molar-refractivity contribution in [2.24, 2.45) is 5.92 Å². The van der Waals surface area contributed by atoms with Crippen LogP contribution < -0.4 is 4.74 Å². The predicted octanol–water partition coefficient (Wildman–Crippen LogP) is 8.13. The number of hydrogen-bond acceptors (Lipinski definition) is 2. The summed E-state index contributed by atoms with van der Waals surface area (Å²) in [5.41, 5.74) is 1.04. The number of benzene rings is 3. The van der Waals surface area contributed by atoms with Gasteiger partial charge >= 0.3 is 6.18 Å². The topological polar surface area (TPSA) is 33.0 Å². The lowest BCUT2D eigenvalue weighted by Crippen LogP contribution is -2.06. The minimum atomic E-state index is -4.37. The number of allylic oxidation sites excluding steroid dienone is 2. The molecular formula is C27H21F4NO. The lowest BCUT2D eigenvalue weighted by atomic mass is 9.89. The summed E-state index contributed by atoms with van der Waals surface area (Å²) >= 11 is 0. The molecule has 0 spiro atoms. The third kappa shape index (κ3) is 5.61.